The third-order valence-corrected chi connectivity index (χ3v) is 4.17. The lowest BCUT2D eigenvalue weighted by Crippen LogP contribution is -2.45. The number of alkyl halides is 1. The molecule has 1 heterocycles. The van der Waals surface area contributed by atoms with Crippen LogP contribution in [-0.2, 0) is 14.4 Å². The van der Waals surface area contributed by atoms with E-state index >= 15 is 0 Å². The van der Waals surface area contributed by atoms with Crippen LogP contribution in [-0.4, -0.2) is 53.0 Å². The Kier molecular flexibility index (Phi) is 6.32. The van der Waals surface area contributed by atoms with Gasteiger partial charge < -0.3 is 10.0 Å². The second-order valence-corrected chi connectivity index (χ2v) is 7.31. The summed E-state index contributed by atoms with van der Waals surface area (Å²) in [5.41, 5.74) is -0.305. The van der Waals surface area contributed by atoms with Crippen molar-refractivity contribution in [2.24, 2.45) is 4.99 Å². The van der Waals surface area contributed by atoms with E-state index in [4.69, 9.17) is 9.94 Å². The number of aliphatic imine (C=N–C) groups is 1. The van der Waals surface area contributed by atoms with Gasteiger partial charge in [0.2, 0.25) is 0 Å². The number of carbonyl (C=O) groups is 2. The van der Waals surface area contributed by atoms with E-state index in [1.165, 1.54) is 43.1 Å². The molecule has 1 aliphatic heterocycles. The van der Waals surface area contributed by atoms with Crippen molar-refractivity contribution in [2.75, 3.05) is 13.6 Å². The van der Waals surface area contributed by atoms with Gasteiger partial charge in [0.25, 0.3) is 5.91 Å². The van der Waals surface area contributed by atoms with Gasteiger partial charge in [0.15, 0.2) is 11.8 Å². The maximum atomic E-state index is 14.5. The van der Waals surface area contributed by atoms with Gasteiger partial charge in [-0.1, -0.05) is 15.9 Å². The van der Waals surface area contributed by atoms with Crippen LogP contribution >= 0.6 is 15.9 Å². The van der Waals surface area contributed by atoms with Gasteiger partial charge >= 0.3 is 5.97 Å². The molecule has 2 rings (SSSR count). The molecule has 146 valence electrons. The second-order valence-electron chi connectivity index (χ2n) is 6.39. The molecule has 0 fully saturated rings. The first kappa shape index (κ1) is 21.0. The van der Waals surface area contributed by atoms with Crippen molar-refractivity contribution in [3.8, 4) is 0 Å². The lowest BCUT2D eigenvalue weighted by Gasteiger charge is -2.27. The molecule has 0 saturated carbocycles. The fourth-order valence-corrected chi connectivity index (χ4v) is 2.46. The lowest BCUT2D eigenvalue weighted by molar-refractivity contribution is -0.173. The molecule has 1 unspecified atom stereocenters. The van der Waals surface area contributed by atoms with Crippen LogP contribution in [0, 0.1) is 5.82 Å². The first-order valence-electron chi connectivity index (χ1n) is 7.83. The fourth-order valence-electron chi connectivity index (χ4n) is 2.13. The van der Waals surface area contributed by atoms with Crippen LogP contribution in [0.5, 0.6) is 0 Å². The third-order valence-electron chi connectivity index (χ3n) is 3.68. The number of hydroxylamine groups is 1. The van der Waals surface area contributed by atoms with Crippen molar-refractivity contribution in [2.45, 2.75) is 25.6 Å². The van der Waals surface area contributed by atoms with Crippen molar-refractivity contribution >= 4 is 39.2 Å². The van der Waals surface area contributed by atoms with Crippen LogP contribution in [0.2, 0.25) is 0 Å². The van der Waals surface area contributed by atoms with Crippen LogP contribution in [0.3, 0.4) is 0 Å². The molecule has 1 amide bonds. The summed E-state index contributed by atoms with van der Waals surface area (Å²) in [4.78, 5) is 33.8. The summed E-state index contributed by atoms with van der Waals surface area (Å²) in [6, 6.07) is 4.05. The van der Waals surface area contributed by atoms with E-state index in [-0.39, 0.29) is 23.5 Å². The number of carboxylic acids is 1. The van der Waals surface area contributed by atoms with E-state index in [0.717, 1.165) is 0 Å². The maximum absolute atomic E-state index is 14.5. The largest absolute Gasteiger partial charge is 0.479 e. The zero-order valence-electron chi connectivity index (χ0n) is 14.8. The van der Waals surface area contributed by atoms with Crippen LogP contribution in [0.4, 0.5) is 14.5 Å². The van der Waals surface area contributed by atoms with Crippen molar-refractivity contribution in [1.29, 1.82) is 0 Å². The van der Waals surface area contributed by atoms with Gasteiger partial charge in [0.1, 0.15) is 5.82 Å². The smallest absolute Gasteiger partial charge is 0.338 e. The molecule has 2 N–H and O–H groups in total. The number of benzene rings is 1. The monoisotopic (exact) mass is 445 g/mol. The number of nitrogens with one attached hydrogen (secondary N) is 1. The number of hydrogen-bond donors (Lipinski definition) is 2. The van der Waals surface area contributed by atoms with Crippen LogP contribution in [0.25, 0.3) is 0 Å². The first-order valence-corrected chi connectivity index (χ1v) is 8.62. The predicted molar refractivity (Wildman–Crippen MR) is 97.7 cm³/mol. The summed E-state index contributed by atoms with van der Waals surface area (Å²) in [5.74, 6) is -2.88. The third kappa shape index (κ3) is 5.10. The quantitative estimate of drug-likeness (QED) is 0.679. The Morgan fingerprint density at radius 3 is 2.70 bits per heavy atom. The summed E-state index contributed by atoms with van der Waals surface area (Å²) in [5, 5.41) is 9.02. The Labute approximate surface area is 162 Å². The second kappa shape index (κ2) is 8.13. The average Bonchev–Trinajstić information content (AvgIpc) is 2.56. The zero-order chi connectivity index (χ0) is 20.4. The number of hydrogen-bond acceptors (Lipinski definition) is 5. The number of amides is 1. The molecule has 1 aromatic rings. The van der Waals surface area contributed by atoms with Crippen molar-refractivity contribution in [3.63, 3.8) is 0 Å². The molecule has 0 saturated heterocycles. The first-order chi connectivity index (χ1) is 12.5. The van der Waals surface area contributed by atoms with Crippen LogP contribution in [0.15, 0.2) is 39.4 Å². The summed E-state index contributed by atoms with van der Waals surface area (Å²) in [6.45, 7) is 2.40. The highest BCUT2D eigenvalue weighted by Crippen LogP contribution is 2.25. The summed E-state index contributed by atoms with van der Waals surface area (Å²) in [6.07, 6.45) is -0.325. The minimum atomic E-state index is -1.69. The summed E-state index contributed by atoms with van der Waals surface area (Å²) >= 11 is 3.12. The Bertz CT molecular complexity index is 826. The average molecular weight is 446 g/mol. The molecule has 1 atom stereocenters. The van der Waals surface area contributed by atoms with Crippen molar-refractivity contribution < 1.29 is 28.3 Å². The Balaban J connectivity index is 2.34. The number of carboxylic acid groups (broad SMARTS) is 1. The van der Waals surface area contributed by atoms with Gasteiger partial charge in [-0.15, -0.1) is 0 Å². The van der Waals surface area contributed by atoms with Gasteiger partial charge in [0, 0.05) is 17.7 Å². The van der Waals surface area contributed by atoms with E-state index in [0.29, 0.717) is 4.47 Å². The minimum absolute atomic E-state index is 0.0742. The van der Waals surface area contributed by atoms with Gasteiger partial charge in [-0.2, -0.15) is 0 Å². The van der Waals surface area contributed by atoms with Gasteiger partial charge in [0.05, 0.1) is 23.5 Å². The number of aliphatic carboxylic acids is 1. The standard InChI is InChI=1S/C17H18BrF2N3O4/c1-17(2,16(25)26)27-22-15(24)10-7-23(3)8-12(20)14(10)21-13-5-4-9(18)6-11(13)19/h4-7,12H,8H2,1-3H3,(H,22,24)(H,25,26). The lowest BCUT2D eigenvalue weighted by atomic mass is 10.0. The normalized spacial score (nSPS) is 19.0. The highest BCUT2D eigenvalue weighted by Gasteiger charge is 2.33. The molecular weight excluding hydrogens is 428 g/mol. The molecule has 0 spiro atoms. The highest BCUT2D eigenvalue weighted by atomic mass is 79.9. The minimum Gasteiger partial charge on any atom is -0.479 e. The van der Waals surface area contributed by atoms with Crippen molar-refractivity contribution in [1.82, 2.24) is 10.4 Å². The molecule has 0 radical (unpaired) electrons. The van der Waals surface area contributed by atoms with Gasteiger partial charge in [-0.3, -0.25) is 9.63 Å². The fraction of sp³-hybridized carbons (Fsp3) is 0.353. The molecule has 0 aromatic heterocycles. The number of carbonyl (C=O) groups excluding carboxylic acids is 1. The molecule has 0 bridgehead atoms. The Morgan fingerprint density at radius 1 is 1.44 bits per heavy atom. The number of rotatable bonds is 5. The molecular formula is C17H18BrF2N3O4. The van der Waals surface area contributed by atoms with E-state index in [1.807, 2.05) is 5.48 Å². The SMILES string of the molecule is CN1C=C(C(=O)NOC(C)(C)C(=O)O)C(=Nc2ccc(Br)cc2F)C(F)C1. The summed E-state index contributed by atoms with van der Waals surface area (Å²) in [7, 11) is 1.55. The number of nitrogens with zero attached hydrogens (tertiary/aromatic N) is 2. The molecule has 7 nitrogen and oxygen atoms in total. The van der Waals surface area contributed by atoms with Gasteiger partial charge in [-0.05, 0) is 32.0 Å². The van der Waals surface area contributed by atoms with Crippen molar-refractivity contribution in [3.05, 3.63) is 40.3 Å². The van der Waals surface area contributed by atoms with E-state index < -0.39 is 29.5 Å². The molecule has 1 aliphatic rings. The molecule has 10 heteroatoms. The van der Waals surface area contributed by atoms with Crippen LogP contribution in [0.1, 0.15) is 13.8 Å². The topological polar surface area (TPSA) is 91.2 Å². The Morgan fingerprint density at radius 2 is 2.11 bits per heavy atom. The molecule has 1 aromatic carbocycles. The van der Waals surface area contributed by atoms with Gasteiger partial charge in [-0.25, -0.2) is 24.0 Å². The van der Waals surface area contributed by atoms with E-state index in [9.17, 15) is 18.4 Å². The maximum Gasteiger partial charge on any atom is 0.338 e. The molecule has 0 aliphatic carbocycles. The Hall–Kier alpha value is -2.33. The van der Waals surface area contributed by atoms with E-state index in [1.54, 1.807) is 7.05 Å². The zero-order valence-corrected chi connectivity index (χ0v) is 16.4. The van der Waals surface area contributed by atoms with E-state index in [2.05, 4.69) is 20.9 Å². The highest BCUT2D eigenvalue weighted by molar-refractivity contribution is 9.10. The summed E-state index contributed by atoms with van der Waals surface area (Å²) < 4.78 is 29.1. The number of halogens is 3. The van der Waals surface area contributed by atoms with Crippen LogP contribution < -0.4 is 5.48 Å². The predicted octanol–water partition coefficient (Wildman–Crippen LogP) is 2.74. The molecule has 27 heavy (non-hydrogen) atoms.